The first-order chi connectivity index (χ1) is 19.0. The van der Waals surface area contributed by atoms with Gasteiger partial charge in [0.05, 0.1) is 13.2 Å². The Bertz CT molecular complexity index is 1400. The zero-order valence-electron chi connectivity index (χ0n) is 21.8. The van der Waals surface area contributed by atoms with Gasteiger partial charge in [-0.15, -0.1) is 0 Å². The number of fused-ring (bicyclic) bond motifs is 1. The minimum Gasteiger partial charge on any atom is -0.382 e. The summed E-state index contributed by atoms with van der Waals surface area (Å²) in [6, 6.07) is 8.59. The quantitative estimate of drug-likeness (QED) is 0.514. The lowest BCUT2D eigenvalue weighted by Crippen LogP contribution is -2.37. The molecular weight excluding hydrogens is 502 g/mol. The van der Waals surface area contributed by atoms with Gasteiger partial charge < -0.3 is 20.7 Å². The third kappa shape index (κ3) is 5.18. The van der Waals surface area contributed by atoms with E-state index in [4.69, 9.17) is 10.5 Å². The zero-order valence-corrected chi connectivity index (χ0v) is 21.8. The van der Waals surface area contributed by atoms with Crippen LogP contribution in [0.1, 0.15) is 40.7 Å². The molecule has 1 amide bonds. The van der Waals surface area contributed by atoms with Gasteiger partial charge >= 0.3 is 0 Å². The fraction of sp³-hybridized carbons (Fsp3) is 0.414. The molecule has 1 aromatic heterocycles. The molecule has 2 saturated heterocycles. The third-order valence-corrected chi connectivity index (χ3v) is 7.80. The highest BCUT2D eigenvalue weighted by atomic mass is 19.1. The van der Waals surface area contributed by atoms with Crippen LogP contribution in [0.25, 0.3) is 22.5 Å². The van der Waals surface area contributed by atoms with Crippen molar-refractivity contribution in [3.63, 3.8) is 0 Å². The van der Waals surface area contributed by atoms with Crippen LogP contribution in [-0.2, 0) is 17.7 Å². The second kappa shape index (κ2) is 10.9. The van der Waals surface area contributed by atoms with Gasteiger partial charge in [0.15, 0.2) is 5.82 Å². The van der Waals surface area contributed by atoms with E-state index in [-0.39, 0.29) is 34.2 Å². The predicted octanol–water partition coefficient (Wildman–Crippen LogP) is 3.78. The molecule has 0 saturated carbocycles. The normalized spacial score (nSPS) is 18.1. The van der Waals surface area contributed by atoms with Crippen LogP contribution in [0.4, 0.5) is 20.3 Å². The summed E-state index contributed by atoms with van der Waals surface area (Å²) in [5.74, 6) is -1.98. The first-order valence-electron chi connectivity index (χ1n) is 13.6. The van der Waals surface area contributed by atoms with Crippen molar-refractivity contribution in [2.24, 2.45) is 0 Å². The fourth-order valence-corrected chi connectivity index (χ4v) is 5.76. The maximum absolute atomic E-state index is 15.3. The smallest absolute Gasteiger partial charge is 0.251 e. The molecule has 3 N–H and O–H groups in total. The first-order valence-corrected chi connectivity index (χ1v) is 13.6. The molecule has 0 radical (unpaired) electrons. The van der Waals surface area contributed by atoms with E-state index < -0.39 is 11.8 Å². The summed E-state index contributed by atoms with van der Waals surface area (Å²) in [6.07, 6.45) is 4.13. The van der Waals surface area contributed by atoms with Crippen LogP contribution in [-0.4, -0.2) is 66.7 Å². The maximum Gasteiger partial charge on any atom is 0.251 e. The number of nitrogens with zero attached hydrogens (tertiary/aromatic N) is 4. The monoisotopic (exact) mass is 534 g/mol. The van der Waals surface area contributed by atoms with Crippen LogP contribution in [0, 0.1) is 11.8 Å². The Morgan fingerprint density at radius 1 is 0.949 bits per heavy atom. The number of carbonyl (C=O) groups is 1. The number of nitrogen functional groups attached to an aromatic ring is 1. The number of benzene rings is 2. The Kier molecular flexibility index (Phi) is 7.14. The number of anilines is 2. The molecular formula is C29H32F2N6O2. The van der Waals surface area contributed by atoms with Crippen molar-refractivity contribution in [2.45, 2.75) is 32.2 Å². The van der Waals surface area contributed by atoms with E-state index in [1.807, 2.05) is 18.2 Å². The molecule has 10 heteroatoms. The number of amides is 1. The molecule has 3 aromatic rings. The van der Waals surface area contributed by atoms with Gasteiger partial charge in [-0.1, -0.05) is 12.5 Å². The van der Waals surface area contributed by atoms with E-state index in [1.165, 1.54) is 25.3 Å². The standard InChI is InChI=1S/C29H32F2N6O2/c30-23-16-21-18(6-7-33-29(21)38)15-22(23)26-28(32)35-27(31)25(34-26)19-4-5-24(37-10-12-39-13-11-37)20(14-19)17-36-8-2-1-3-9-36/h4-5,14-16H,1-3,6-13,17H2,(H2,32,35)(H,33,38). The minimum atomic E-state index is -0.808. The topological polar surface area (TPSA) is 96.6 Å². The summed E-state index contributed by atoms with van der Waals surface area (Å²) in [5, 5.41) is 2.71. The average molecular weight is 535 g/mol. The largest absolute Gasteiger partial charge is 0.382 e. The van der Waals surface area contributed by atoms with Crippen molar-refractivity contribution in [2.75, 3.05) is 56.6 Å². The Morgan fingerprint density at radius 2 is 1.74 bits per heavy atom. The van der Waals surface area contributed by atoms with Crippen molar-refractivity contribution >= 4 is 17.4 Å². The van der Waals surface area contributed by atoms with Gasteiger partial charge in [-0.25, -0.2) is 9.37 Å². The van der Waals surface area contributed by atoms with Crippen LogP contribution in [0.5, 0.6) is 0 Å². The van der Waals surface area contributed by atoms with Crippen LogP contribution in [0.2, 0.25) is 0 Å². The number of carbonyl (C=O) groups excluding carboxylic acids is 1. The lowest BCUT2D eigenvalue weighted by molar-refractivity contribution is 0.0945. The molecule has 4 heterocycles. The van der Waals surface area contributed by atoms with Crippen molar-refractivity contribution in [1.29, 1.82) is 0 Å². The van der Waals surface area contributed by atoms with Crippen LogP contribution in [0.15, 0.2) is 30.3 Å². The third-order valence-electron chi connectivity index (χ3n) is 7.80. The Balaban J connectivity index is 1.41. The predicted molar refractivity (Wildman–Crippen MR) is 145 cm³/mol. The number of piperidine rings is 1. The molecule has 204 valence electrons. The summed E-state index contributed by atoms with van der Waals surface area (Å²) < 4.78 is 36.0. The number of rotatable bonds is 5. The first kappa shape index (κ1) is 25.6. The van der Waals surface area contributed by atoms with Gasteiger partial charge in [0, 0.05) is 48.6 Å². The number of aromatic nitrogens is 2. The number of hydrogen-bond donors (Lipinski definition) is 2. The molecule has 2 aromatic carbocycles. The number of nitrogens with two attached hydrogens (primary N) is 1. The lowest BCUT2D eigenvalue weighted by atomic mass is 9.96. The van der Waals surface area contributed by atoms with E-state index in [0.717, 1.165) is 44.0 Å². The number of nitrogens with one attached hydrogen (secondary N) is 1. The Labute approximate surface area is 226 Å². The maximum atomic E-state index is 15.3. The van der Waals surface area contributed by atoms with E-state index >= 15 is 8.78 Å². The van der Waals surface area contributed by atoms with Crippen LogP contribution < -0.4 is 16.0 Å². The molecule has 3 aliphatic heterocycles. The van der Waals surface area contributed by atoms with E-state index in [9.17, 15) is 4.79 Å². The van der Waals surface area contributed by atoms with E-state index in [1.54, 1.807) is 6.07 Å². The fourth-order valence-electron chi connectivity index (χ4n) is 5.76. The zero-order chi connectivity index (χ0) is 26.9. The Morgan fingerprint density at radius 3 is 2.54 bits per heavy atom. The second-order valence-corrected chi connectivity index (χ2v) is 10.4. The molecule has 2 fully saturated rings. The molecule has 3 aliphatic rings. The van der Waals surface area contributed by atoms with E-state index in [0.29, 0.717) is 37.3 Å². The summed E-state index contributed by atoms with van der Waals surface area (Å²) in [5.41, 5.74) is 9.98. The molecule has 0 atom stereocenters. The van der Waals surface area contributed by atoms with Crippen molar-refractivity contribution in [1.82, 2.24) is 20.2 Å². The van der Waals surface area contributed by atoms with Crippen molar-refractivity contribution in [3.05, 3.63) is 58.8 Å². The number of halogens is 2. The number of likely N-dealkylation sites (tertiary alicyclic amines) is 1. The van der Waals surface area contributed by atoms with Crippen LogP contribution in [0.3, 0.4) is 0 Å². The van der Waals surface area contributed by atoms with Crippen LogP contribution >= 0.6 is 0 Å². The Hall–Kier alpha value is -3.63. The molecule has 8 nitrogen and oxygen atoms in total. The molecule has 0 unspecified atom stereocenters. The SMILES string of the molecule is Nc1nc(F)c(-c2ccc(N3CCOCC3)c(CN3CCCCC3)c2)nc1-c1cc2c(cc1F)C(=O)NCC2. The molecule has 6 rings (SSSR count). The van der Waals surface area contributed by atoms with Gasteiger partial charge in [0.1, 0.15) is 17.2 Å². The van der Waals surface area contributed by atoms with Gasteiger partial charge in [-0.3, -0.25) is 9.69 Å². The van der Waals surface area contributed by atoms with Crippen molar-refractivity contribution < 1.29 is 18.3 Å². The summed E-state index contributed by atoms with van der Waals surface area (Å²) in [7, 11) is 0. The van der Waals surface area contributed by atoms with Crippen molar-refractivity contribution in [3.8, 4) is 22.5 Å². The van der Waals surface area contributed by atoms with Gasteiger partial charge in [0.25, 0.3) is 5.91 Å². The highest BCUT2D eigenvalue weighted by Gasteiger charge is 2.25. The number of ether oxygens (including phenoxy) is 1. The number of hydrogen-bond acceptors (Lipinski definition) is 7. The second-order valence-electron chi connectivity index (χ2n) is 10.4. The lowest BCUT2D eigenvalue weighted by Gasteiger charge is -2.33. The van der Waals surface area contributed by atoms with Gasteiger partial charge in [-0.05, 0) is 67.7 Å². The molecule has 39 heavy (non-hydrogen) atoms. The highest BCUT2D eigenvalue weighted by Crippen LogP contribution is 2.34. The average Bonchev–Trinajstić information content (AvgIpc) is 2.95. The highest BCUT2D eigenvalue weighted by molar-refractivity contribution is 5.97. The molecule has 0 bridgehead atoms. The molecule has 0 aliphatic carbocycles. The summed E-state index contributed by atoms with van der Waals surface area (Å²) >= 11 is 0. The van der Waals surface area contributed by atoms with Gasteiger partial charge in [0.2, 0.25) is 5.95 Å². The van der Waals surface area contributed by atoms with E-state index in [2.05, 4.69) is 25.1 Å². The molecule has 0 spiro atoms. The number of morpholine rings is 1. The van der Waals surface area contributed by atoms with Gasteiger partial charge in [-0.2, -0.15) is 9.37 Å². The minimum absolute atomic E-state index is 0.0162. The summed E-state index contributed by atoms with van der Waals surface area (Å²) in [4.78, 5) is 25.3. The summed E-state index contributed by atoms with van der Waals surface area (Å²) in [6.45, 7) is 6.19.